The Balaban J connectivity index is 2.33. The fourth-order valence-electron chi connectivity index (χ4n) is 1.60. The molecule has 0 aliphatic rings. The van der Waals surface area contributed by atoms with Gasteiger partial charge in [0.1, 0.15) is 5.69 Å². The zero-order valence-electron chi connectivity index (χ0n) is 9.97. The Bertz CT molecular complexity index is 691. The van der Waals surface area contributed by atoms with Crippen molar-refractivity contribution >= 4 is 51.5 Å². The number of para-hydroxylation sites is 2. The summed E-state index contributed by atoms with van der Waals surface area (Å²) in [6.45, 7) is 0. The lowest BCUT2D eigenvalue weighted by Gasteiger charge is -2.07. The molecule has 0 unspecified atom stereocenters. The Morgan fingerprint density at radius 3 is 2.65 bits per heavy atom. The fraction of sp³-hybridized carbons (Fsp3) is 0. The maximum atomic E-state index is 12.1. The van der Waals surface area contributed by atoms with Crippen LogP contribution in [-0.2, 0) is 0 Å². The number of nitro groups is 1. The minimum atomic E-state index is -0.550. The van der Waals surface area contributed by atoms with Crippen LogP contribution in [0.4, 0.5) is 11.4 Å². The zero-order valence-corrected chi connectivity index (χ0v) is 12.9. The topological polar surface area (TPSA) is 72.2 Å². The number of hydrogen-bond donors (Lipinski definition) is 1. The van der Waals surface area contributed by atoms with Gasteiger partial charge in [-0.15, -0.1) is 0 Å². The Labute approximate surface area is 133 Å². The summed E-state index contributed by atoms with van der Waals surface area (Å²) in [4.78, 5) is 22.5. The number of nitrogens with zero attached hydrogens (tertiary/aromatic N) is 1. The standard InChI is InChI=1S/C13H8ClIN2O3/c14-10-6-5-8(15)7-9(10)13(18)16-11-3-1-2-4-12(11)17(19)20/h1-7H,(H,16,18). The van der Waals surface area contributed by atoms with E-state index in [1.54, 1.807) is 24.3 Å². The zero-order chi connectivity index (χ0) is 14.7. The van der Waals surface area contributed by atoms with Gasteiger partial charge < -0.3 is 5.32 Å². The smallest absolute Gasteiger partial charge is 0.292 e. The molecule has 1 N–H and O–H groups in total. The Morgan fingerprint density at radius 1 is 1.25 bits per heavy atom. The van der Waals surface area contributed by atoms with E-state index in [1.165, 1.54) is 18.2 Å². The molecule has 20 heavy (non-hydrogen) atoms. The number of nitrogens with one attached hydrogen (secondary N) is 1. The van der Waals surface area contributed by atoms with Crippen LogP contribution in [-0.4, -0.2) is 10.8 Å². The van der Waals surface area contributed by atoms with E-state index in [2.05, 4.69) is 27.9 Å². The van der Waals surface area contributed by atoms with Crippen LogP contribution >= 0.6 is 34.2 Å². The number of nitro benzene ring substituents is 1. The highest BCUT2D eigenvalue weighted by atomic mass is 127. The Morgan fingerprint density at radius 2 is 1.95 bits per heavy atom. The van der Waals surface area contributed by atoms with E-state index >= 15 is 0 Å². The first-order valence-electron chi connectivity index (χ1n) is 5.49. The van der Waals surface area contributed by atoms with Crippen LogP contribution in [0.1, 0.15) is 10.4 Å². The van der Waals surface area contributed by atoms with E-state index in [-0.39, 0.29) is 16.9 Å². The summed E-state index contributed by atoms with van der Waals surface area (Å²) in [6.07, 6.45) is 0. The molecule has 0 spiro atoms. The van der Waals surface area contributed by atoms with Gasteiger partial charge in [0, 0.05) is 9.64 Å². The number of amides is 1. The molecule has 102 valence electrons. The van der Waals surface area contributed by atoms with E-state index in [0.717, 1.165) is 3.57 Å². The number of hydrogen-bond acceptors (Lipinski definition) is 3. The lowest BCUT2D eigenvalue weighted by molar-refractivity contribution is -0.383. The molecule has 7 heteroatoms. The molecule has 5 nitrogen and oxygen atoms in total. The minimum Gasteiger partial charge on any atom is -0.316 e. The molecule has 0 bridgehead atoms. The van der Waals surface area contributed by atoms with Crippen LogP contribution in [0.3, 0.4) is 0 Å². The van der Waals surface area contributed by atoms with Gasteiger partial charge in [-0.1, -0.05) is 23.7 Å². The molecular weight excluding hydrogens is 395 g/mol. The van der Waals surface area contributed by atoms with Crippen LogP contribution in [0.25, 0.3) is 0 Å². The van der Waals surface area contributed by atoms with Gasteiger partial charge in [-0.3, -0.25) is 14.9 Å². The van der Waals surface area contributed by atoms with Crippen LogP contribution in [0.15, 0.2) is 42.5 Å². The van der Waals surface area contributed by atoms with Crippen LogP contribution in [0, 0.1) is 13.7 Å². The summed E-state index contributed by atoms with van der Waals surface area (Å²) in [5.41, 5.74) is 0.247. The molecule has 0 heterocycles. The maximum Gasteiger partial charge on any atom is 0.292 e. The monoisotopic (exact) mass is 402 g/mol. The van der Waals surface area contributed by atoms with Crippen molar-refractivity contribution in [2.75, 3.05) is 5.32 Å². The summed E-state index contributed by atoms with van der Waals surface area (Å²) in [5, 5.41) is 13.7. The van der Waals surface area contributed by atoms with Gasteiger partial charge in [0.05, 0.1) is 15.5 Å². The quantitative estimate of drug-likeness (QED) is 0.477. The highest BCUT2D eigenvalue weighted by molar-refractivity contribution is 14.1. The molecule has 1 amide bonds. The molecule has 0 aliphatic carbocycles. The fourth-order valence-corrected chi connectivity index (χ4v) is 2.29. The lowest BCUT2D eigenvalue weighted by atomic mass is 10.2. The molecule has 0 saturated heterocycles. The van der Waals surface area contributed by atoms with Gasteiger partial charge in [0.2, 0.25) is 0 Å². The normalized spacial score (nSPS) is 10.1. The van der Waals surface area contributed by atoms with Gasteiger partial charge in [0.15, 0.2) is 0 Å². The maximum absolute atomic E-state index is 12.1. The van der Waals surface area contributed by atoms with Gasteiger partial charge in [-0.05, 0) is 46.9 Å². The molecule has 2 aromatic rings. The molecule has 0 aromatic heterocycles. The van der Waals surface area contributed by atoms with Gasteiger partial charge in [-0.25, -0.2) is 0 Å². The van der Waals surface area contributed by atoms with Crippen LogP contribution in [0.2, 0.25) is 5.02 Å². The second kappa shape index (κ2) is 6.19. The number of carbonyl (C=O) groups is 1. The van der Waals surface area contributed by atoms with Crippen molar-refractivity contribution in [3.8, 4) is 0 Å². The van der Waals surface area contributed by atoms with Crippen molar-refractivity contribution in [3.63, 3.8) is 0 Å². The van der Waals surface area contributed by atoms with Crippen molar-refractivity contribution in [1.29, 1.82) is 0 Å². The number of carbonyl (C=O) groups excluding carboxylic acids is 1. The summed E-state index contributed by atoms with van der Waals surface area (Å²) in [7, 11) is 0. The molecule has 0 fully saturated rings. The molecule has 0 atom stereocenters. The predicted molar refractivity (Wildman–Crippen MR) is 85.2 cm³/mol. The summed E-state index contributed by atoms with van der Waals surface area (Å²) >= 11 is 8.02. The number of anilines is 1. The van der Waals surface area contributed by atoms with Gasteiger partial charge >= 0.3 is 0 Å². The van der Waals surface area contributed by atoms with E-state index in [9.17, 15) is 14.9 Å². The SMILES string of the molecule is O=C(Nc1ccccc1[N+](=O)[O-])c1cc(I)ccc1Cl. The first-order valence-corrected chi connectivity index (χ1v) is 6.94. The summed E-state index contributed by atoms with van der Waals surface area (Å²) in [6, 6.07) is 10.9. The van der Waals surface area contributed by atoms with Crippen molar-refractivity contribution in [1.82, 2.24) is 0 Å². The third kappa shape index (κ3) is 3.26. The molecular formula is C13H8ClIN2O3. The van der Waals surface area contributed by atoms with Crippen LogP contribution in [0.5, 0.6) is 0 Å². The minimum absolute atomic E-state index is 0.137. The average molecular weight is 403 g/mol. The molecule has 0 saturated carbocycles. The van der Waals surface area contributed by atoms with Crippen molar-refractivity contribution in [2.45, 2.75) is 0 Å². The second-order valence-electron chi connectivity index (χ2n) is 3.85. The molecule has 2 rings (SSSR count). The van der Waals surface area contributed by atoms with E-state index in [0.29, 0.717) is 5.02 Å². The first kappa shape index (κ1) is 14.7. The second-order valence-corrected chi connectivity index (χ2v) is 5.51. The highest BCUT2D eigenvalue weighted by Crippen LogP contribution is 2.25. The van der Waals surface area contributed by atoms with Crippen molar-refractivity contribution < 1.29 is 9.72 Å². The Kier molecular flexibility index (Phi) is 4.56. The molecule has 0 aliphatic heterocycles. The number of halogens is 2. The largest absolute Gasteiger partial charge is 0.316 e. The third-order valence-corrected chi connectivity index (χ3v) is 3.52. The Hall–Kier alpha value is -1.67. The lowest BCUT2D eigenvalue weighted by Crippen LogP contribution is -2.13. The predicted octanol–water partition coefficient (Wildman–Crippen LogP) is 4.11. The first-order chi connectivity index (χ1) is 9.49. The molecule has 2 aromatic carbocycles. The number of rotatable bonds is 3. The average Bonchev–Trinajstić information content (AvgIpc) is 2.41. The van der Waals surface area contributed by atoms with Crippen molar-refractivity contribution in [3.05, 3.63) is 66.7 Å². The van der Waals surface area contributed by atoms with Gasteiger partial charge in [-0.2, -0.15) is 0 Å². The third-order valence-electron chi connectivity index (χ3n) is 2.52. The highest BCUT2D eigenvalue weighted by Gasteiger charge is 2.17. The molecule has 0 radical (unpaired) electrons. The van der Waals surface area contributed by atoms with Crippen LogP contribution < -0.4 is 5.32 Å². The van der Waals surface area contributed by atoms with E-state index in [1.807, 2.05) is 0 Å². The van der Waals surface area contributed by atoms with E-state index < -0.39 is 10.8 Å². The van der Waals surface area contributed by atoms with E-state index in [4.69, 9.17) is 11.6 Å². The van der Waals surface area contributed by atoms with Crippen molar-refractivity contribution in [2.24, 2.45) is 0 Å². The van der Waals surface area contributed by atoms with Gasteiger partial charge in [0.25, 0.3) is 11.6 Å². The summed E-state index contributed by atoms with van der Waals surface area (Å²) < 4.78 is 0.847. The number of benzene rings is 2. The summed E-state index contributed by atoms with van der Waals surface area (Å²) in [5.74, 6) is -0.484.